The van der Waals surface area contributed by atoms with E-state index < -0.39 is 0 Å². The van der Waals surface area contributed by atoms with Gasteiger partial charge in [0.15, 0.2) is 0 Å². The van der Waals surface area contributed by atoms with E-state index in [1.165, 1.54) is 12.1 Å². The standard InChI is InChI=1S/C17H27FN2O/c1-16(2,3)12-17(4,5)20-15(21)19-10-9-13-7-6-8-14(18)11-13/h6-8,11H,9-10,12H2,1-5H3,(H2,19,20,21). The second kappa shape index (κ2) is 6.92. The first-order valence-electron chi connectivity index (χ1n) is 7.38. The van der Waals surface area contributed by atoms with Crippen molar-refractivity contribution < 1.29 is 9.18 Å². The summed E-state index contributed by atoms with van der Waals surface area (Å²) in [5.41, 5.74) is 0.767. The molecule has 0 unspecified atom stereocenters. The molecule has 0 aliphatic heterocycles. The smallest absolute Gasteiger partial charge is 0.315 e. The van der Waals surface area contributed by atoms with Gasteiger partial charge in [0, 0.05) is 12.1 Å². The Bertz CT molecular complexity index is 478. The second-order valence-electron chi connectivity index (χ2n) is 7.38. The van der Waals surface area contributed by atoms with Crippen LogP contribution in [0.1, 0.15) is 46.6 Å². The summed E-state index contributed by atoms with van der Waals surface area (Å²) < 4.78 is 13.0. The number of benzene rings is 1. The molecule has 0 heterocycles. The van der Waals surface area contributed by atoms with Crippen LogP contribution in [0.15, 0.2) is 24.3 Å². The van der Waals surface area contributed by atoms with E-state index in [1.807, 2.05) is 19.9 Å². The van der Waals surface area contributed by atoms with Crippen molar-refractivity contribution in [3.05, 3.63) is 35.6 Å². The van der Waals surface area contributed by atoms with Gasteiger partial charge in [-0.15, -0.1) is 0 Å². The zero-order chi connectivity index (χ0) is 16.1. The van der Waals surface area contributed by atoms with Crippen LogP contribution in [0, 0.1) is 11.2 Å². The maximum Gasteiger partial charge on any atom is 0.315 e. The van der Waals surface area contributed by atoms with Gasteiger partial charge in [0.25, 0.3) is 0 Å². The predicted molar refractivity (Wildman–Crippen MR) is 84.8 cm³/mol. The summed E-state index contributed by atoms with van der Waals surface area (Å²) >= 11 is 0. The first-order chi connectivity index (χ1) is 9.57. The highest BCUT2D eigenvalue weighted by Gasteiger charge is 2.26. The third-order valence-corrected chi connectivity index (χ3v) is 3.01. The average Bonchev–Trinajstić information content (AvgIpc) is 2.24. The van der Waals surface area contributed by atoms with Crippen LogP contribution in [-0.2, 0) is 6.42 Å². The Kier molecular flexibility index (Phi) is 5.76. The van der Waals surface area contributed by atoms with Crippen LogP contribution in [-0.4, -0.2) is 18.1 Å². The summed E-state index contributed by atoms with van der Waals surface area (Å²) in [5, 5.41) is 5.81. The number of urea groups is 1. The second-order valence-corrected chi connectivity index (χ2v) is 7.38. The van der Waals surface area contributed by atoms with Gasteiger partial charge in [0.1, 0.15) is 5.82 Å². The Morgan fingerprint density at radius 3 is 2.43 bits per heavy atom. The van der Waals surface area contributed by atoms with Crippen LogP contribution in [0.25, 0.3) is 0 Å². The van der Waals surface area contributed by atoms with Gasteiger partial charge in [0.05, 0.1) is 0 Å². The number of hydrogen-bond acceptors (Lipinski definition) is 1. The zero-order valence-corrected chi connectivity index (χ0v) is 13.7. The number of carbonyl (C=O) groups excluding carboxylic acids is 1. The molecule has 3 nitrogen and oxygen atoms in total. The van der Waals surface area contributed by atoms with E-state index in [9.17, 15) is 9.18 Å². The molecule has 0 fully saturated rings. The third kappa shape index (κ3) is 7.69. The molecule has 4 heteroatoms. The molecular formula is C17H27FN2O. The van der Waals surface area contributed by atoms with Crippen LogP contribution >= 0.6 is 0 Å². The molecule has 0 spiro atoms. The van der Waals surface area contributed by atoms with Crippen molar-refractivity contribution in [1.29, 1.82) is 0 Å². The lowest BCUT2D eigenvalue weighted by Gasteiger charge is -2.33. The molecule has 0 aliphatic rings. The van der Waals surface area contributed by atoms with Gasteiger partial charge in [-0.3, -0.25) is 0 Å². The molecule has 0 saturated heterocycles. The summed E-state index contributed by atoms with van der Waals surface area (Å²) in [4.78, 5) is 11.9. The van der Waals surface area contributed by atoms with Crippen molar-refractivity contribution in [2.24, 2.45) is 5.41 Å². The molecule has 21 heavy (non-hydrogen) atoms. The lowest BCUT2D eigenvalue weighted by atomic mass is 9.82. The van der Waals surface area contributed by atoms with E-state index >= 15 is 0 Å². The fourth-order valence-electron chi connectivity index (χ4n) is 2.73. The van der Waals surface area contributed by atoms with E-state index in [2.05, 4.69) is 31.4 Å². The van der Waals surface area contributed by atoms with Crippen LogP contribution in [0.5, 0.6) is 0 Å². The van der Waals surface area contributed by atoms with Crippen molar-refractivity contribution >= 4 is 6.03 Å². The Balaban J connectivity index is 2.37. The van der Waals surface area contributed by atoms with Gasteiger partial charge in [0.2, 0.25) is 0 Å². The van der Waals surface area contributed by atoms with E-state index in [-0.39, 0.29) is 22.8 Å². The predicted octanol–water partition coefficient (Wildman–Crippen LogP) is 3.88. The molecule has 1 rings (SSSR count). The minimum Gasteiger partial charge on any atom is -0.338 e. The highest BCUT2D eigenvalue weighted by molar-refractivity contribution is 5.74. The zero-order valence-electron chi connectivity index (χ0n) is 13.7. The van der Waals surface area contributed by atoms with E-state index in [0.717, 1.165) is 12.0 Å². The molecule has 2 N–H and O–H groups in total. The lowest BCUT2D eigenvalue weighted by Crippen LogP contribution is -2.50. The number of halogens is 1. The number of rotatable bonds is 5. The first kappa shape index (κ1) is 17.5. The van der Waals surface area contributed by atoms with Crippen molar-refractivity contribution in [3.63, 3.8) is 0 Å². The quantitative estimate of drug-likeness (QED) is 0.850. The Hall–Kier alpha value is -1.58. The number of amides is 2. The van der Waals surface area contributed by atoms with E-state index in [0.29, 0.717) is 13.0 Å². The van der Waals surface area contributed by atoms with Gasteiger partial charge in [-0.05, 0) is 49.8 Å². The molecule has 118 valence electrons. The number of nitrogens with one attached hydrogen (secondary N) is 2. The molecule has 1 aromatic carbocycles. The highest BCUT2D eigenvalue weighted by Crippen LogP contribution is 2.26. The Labute approximate surface area is 127 Å². The fourth-order valence-corrected chi connectivity index (χ4v) is 2.73. The third-order valence-electron chi connectivity index (χ3n) is 3.01. The molecular weight excluding hydrogens is 267 g/mol. The first-order valence-corrected chi connectivity index (χ1v) is 7.38. The Morgan fingerprint density at radius 2 is 1.86 bits per heavy atom. The summed E-state index contributed by atoms with van der Waals surface area (Å²) in [7, 11) is 0. The maximum absolute atomic E-state index is 13.0. The number of hydrogen-bond donors (Lipinski definition) is 2. The van der Waals surface area contributed by atoms with Crippen molar-refractivity contribution in [3.8, 4) is 0 Å². The van der Waals surface area contributed by atoms with E-state index in [1.54, 1.807) is 6.07 Å². The number of carbonyl (C=O) groups is 1. The molecule has 0 bridgehead atoms. The normalized spacial score (nSPS) is 12.1. The van der Waals surface area contributed by atoms with Crippen LogP contribution in [0.3, 0.4) is 0 Å². The molecule has 0 atom stereocenters. The largest absolute Gasteiger partial charge is 0.338 e. The van der Waals surface area contributed by atoms with Crippen molar-refractivity contribution in [1.82, 2.24) is 10.6 Å². The van der Waals surface area contributed by atoms with Crippen LogP contribution < -0.4 is 10.6 Å². The van der Waals surface area contributed by atoms with E-state index in [4.69, 9.17) is 0 Å². The van der Waals surface area contributed by atoms with Gasteiger partial charge >= 0.3 is 6.03 Å². The summed E-state index contributed by atoms with van der Waals surface area (Å²) in [5.74, 6) is -0.247. The lowest BCUT2D eigenvalue weighted by molar-refractivity contribution is 0.210. The molecule has 0 aromatic heterocycles. The summed E-state index contributed by atoms with van der Waals surface area (Å²) in [6.45, 7) is 11.0. The van der Waals surface area contributed by atoms with Crippen LogP contribution in [0.4, 0.5) is 9.18 Å². The Morgan fingerprint density at radius 1 is 1.19 bits per heavy atom. The summed E-state index contributed by atoms with van der Waals surface area (Å²) in [6.07, 6.45) is 1.50. The van der Waals surface area contributed by atoms with Crippen molar-refractivity contribution in [2.45, 2.75) is 53.0 Å². The van der Waals surface area contributed by atoms with Gasteiger partial charge in [-0.25, -0.2) is 9.18 Å². The monoisotopic (exact) mass is 294 g/mol. The van der Waals surface area contributed by atoms with Crippen molar-refractivity contribution in [2.75, 3.05) is 6.54 Å². The minimum absolute atomic E-state index is 0.151. The highest BCUT2D eigenvalue weighted by atomic mass is 19.1. The molecule has 2 amide bonds. The van der Waals surface area contributed by atoms with Gasteiger partial charge in [-0.2, -0.15) is 0 Å². The minimum atomic E-state index is -0.263. The topological polar surface area (TPSA) is 41.1 Å². The molecule has 0 aliphatic carbocycles. The van der Waals surface area contributed by atoms with Gasteiger partial charge < -0.3 is 10.6 Å². The molecule has 1 aromatic rings. The molecule has 0 saturated carbocycles. The summed E-state index contributed by atoms with van der Waals surface area (Å²) in [6, 6.07) is 6.26. The van der Waals surface area contributed by atoms with Crippen LogP contribution in [0.2, 0.25) is 0 Å². The SMILES string of the molecule is CC(C)(C)CC(C)(C)NC(=O)NCCc1cccc(F)c1. The average molecular weight is 294 g/mol. The van der Waals surface area contributed by atoms with Gasteiger partial charge in [-0.1, -0.05) is 32.9 Å². The molecule has 0 radical (unpaired) electrons. The maximum atomic E-state index is 13.0. The fraction of sp³-hybridized carbons (Fsp3) is 0.588.